The molecule has 0 fully saturated rings. The summed E-state index contributed by atoms with van der Waals surface area (Å²) in [5, 5.41) is 8.32. The monoisotopic (exact) mass is 399 g/mol. The van der Waals surface area contributed by atoms with Crippen LogP contribution in [-0.4, -0.2) is 48.9 Å². The Labute approximate surface area is 156 Å². The largest absolute Gasteiger partial charge is 0.467 e. The Bertz CT molecular complexity index is 940. The fourth-order valence-electron chi connectivity index (χ4n) is 2.55. The number of fused-ring (bicyclic) bond motifs is 1. The normalized spacial score (nSPS) is 11.9. The van der Waals surface area contributed by atoms with Crippen LogP contribution in [0.3, 0.4) is 0 Å². The number of nitrogens with zero attached hydrogens (tertiary/aromatic N) is 5. The van der Waals surface area contributed by atoms with E-state index in [2.05, 4.69) is 15.2 Å². The van der Waals surface area contributed by atoms with E-state index in [1.54, 1.807) is 10.5 Å². The van der Waals surface area contributed by atoms with E-state index < -0.39 is 18.6 Å². The molecular formula is C16H16F3N5O2S. The molecule has 3 rings (SSSR count). The van der Waals surface area contributed by atoms with Crippen LogP contribution in [0.15, 0.2) is 34.0 Å². The minimum Gasteiger partial charge on any atom is -0.467 e. The minimum absolute atomic E-state index is 0.217. The van der Waals surface area contributed by atoms with Crippen molar-refractivity contribution in [2.24, 2.45) is 0 Å². The number of halogens is 3. The maximum atomic E-state index is 12.8. The van der Waals surface area contributed by atoms with Gasteiger partial charge in [-0.15, -0.1) is 10.2 Å². The number of alkyl halides is 3. The molecule has 3 aromatic heterocycles. The van der Waals surface area contributed by atoms with Gasteiger partial charge in [0, 0.05) is 11.4 Å². The zero-order chi connectivity index (χ0) is 19.6. The SMILES string of the molecule is Cc1cc(C)n2c(SCC(=O)N(Cc3ccco3)CC(F)(F)F)nnc2n1. The molecule has 3 aromatic rings. The second-order valence-electron chi connectivity index (χ2n) is 5.89. The summed E-state index contributed by atoms with van der Waals surface area (Å²) >= 11 is 1.01. The number of hydrogen-bond acceptors (Lipinski definition) is 6. The van der Waals surface area contributed by atoms with Gasteiger partial charge in [0.15, 0.2) is 5.16 Å². The Morgan fingerprint density at radius 2 is 2.11 bits per heavy atom. The second-order valence-corrected chi connectivity index (χ2v) is 6.83. The topological polar surface area (TPSA) is 76.5 Å². The molecule has 0 saturated carbocycles. The van der Waals surface area contributed by atoms with Crippen LogP contribution in [0.1, 0.15) is 17.1 Å². The highest BCUT2D eigenvalue weighted by molar-refractivity contribution is 7.99. The zero-order valence-electron chi connectivity index (χ0n) is 14.5. The molecule has 144 valence electrons. The lowest BCUT2D eigenvalue weighted by Gasteiger charge is -2.22. The Morgan fingerprint density at radius 1 is 1.33 bits per heavy atom. The third kappa shape index (κ3) is 4.79. The molecule has 0 aliphatic carbocycles. The zero-order valence-corrected chi connectivity index (χ0v) is 15.3. The van der Waals surface area contributed by atoms with Crippen LogP contribution < -0.4 is 0 Å². The molecule has 0 radical (unpaired) electrons. The van der Waals surface area contributed by atoms with Crippen molar-refractivity contribution in [3.05, 3.63) is 41.6 Å². The number of furan rings is 1. The highest BCUT2D eigenvalue weighted by Crippen LogP contribution is 2.22. The van der Waals surface area contributed by atoms with Crippen molar-refractivity contribution >= 4 is 23.4 Å². The third-order valence-corrected chi connectivity index (χ3v) is 4.55. The van der Waals surface area contributed by atoms with E-state index in [4.69, 9.17) is 4.42 Å². The molecule has 1 amide bonds. The van der Waals surface area contributed by atoms with Gasteiger partial charge in [-0.3, -0.25) is 9.20 Å². The van der Waals surface area contributed by atoms with Gasteiger partial charge in [-0.1, -0.05) is 11.8 Å². The van der Waals surface area contributed by atoms with E-state index in [9.17, 15) is 18.0 Å². The first-order valence-corrected chi connectivity index (χ1v) is 8.90. The molecular weight excluding hydrogens is 383 g/mol. The van der Waals surface area contributed by atoms with E-state index in [1.807, 2.05) is 19.9 Å². The van der Waals surface area contributed by atoms with Gasteiger partial charge in [-0.05, 0) is 32.0 Å². The number of hydrogen-bond donors (Lipinski definition) is 0. The number of thioether (sulfide) groups is 1. The van der Waals surface area contributed by atoms with Gasteiger partial charge in [0.05, 0.1) is 18.6 Å². The van der Waals surface area contributed by atoms with E-state index in [-0.39, 0.29) is 18.1 Å². The Kier molecular flexibility index (Phi) is 5.40. The molecule has 0 unspecified atom stereocenters. The summed E-state index contributed by atoms with van der Waals surface area (Å²) in [6.45, 7) is 2.05. The van der Waals surface area contributed by atoms with Crippen molar-refractivity contribution in [1.82, 2.24) is 24.5 Å². The van der Waals surface area contributed by atoms with Crippen LogP contribution in [0.5, 0.6) is 0 Å². The second kappa shape index (κ2) is 7.59. The molecule has 3 heterocycles. The molecule has 0 atom stereocenters. The predicted octanol–water partition coefficient (Wildman–Crippen LogP) is 3.02. The number of carbonyl (C=O) groups excluding carboxylic acids is 1. The molecule has 0 spiro atoms. The van der Waals surface area contributed by atoms with Gasteiger partial charge in [-0.25, -0.2) is 4.98 Å². The van der Waals surface area contributed by atoms with Crippen LogP contribution in [-0.2, 0) is 11.3 Å². The molecule has 0 aromatic carbocycles. The van der Waals surface area contributed by atoms with Crippen LogP contribution in [0.4, 0.5) is 13.2 Å². The van der Waals surface area contributed by atoms with Gasteiger partial charge < -0.3 is 9.32 Å². The summed E-state index contributed by atoms with van der Waals surface area (Å²) in [5.41, 5.74) is 1.59. The van der Waals surface area contributed by atoms with Gasteiger partial charge in [-0.2, -0.15) is 13.2 Å². The van der Waals surface area contributed by atoms with Gasteiger partial charge >= 0.3 is 6.18 Å². The molecule has 0 bridgehead atoms. The number of amides is 1. The van der Waals surface area contributed by atoms with Crippen LogP contribution in [0, 0.1) is 13.8 Å². The predicted molar refractivity (Wildman–Crippen MR) is 91.2 cm³/mol. The molecule has 11 heteroatoms. The van der Waals surface area contributed by atoms with Crippen molar-refractivity contribution in [2.45, 2.75) is 31.7 Å². The molecule has 0 N–H and O–H groups in total. The summed E-state index contributed by atoms with van der Waals surface area (Å²) in [5.74, 6) is -0.236. The minimum atomic E-state index is -4.51. The summed E-state index contributed by atoms with van der Waals surface area (Å²) in [7, 11) is 0. The molecule has 0 saturated heterocycles. The summed E-state index contributed by atoms with van der Waals surface area (Å²) < 4.78 is 45.2. The molecule has 0 aliphatic heterocycles. The Hall–Kier alpha value is -2.56. The van der Waals surface area contributed by atoms with Gasteiger partial charge in [0.2, 0.25) is 5.91 Å². The lowest BCUT2D eigenvalue weighted by atomic mass is 10.3. The van der Waals surface area contributed by atoms with Crippen molar-refractivity contribution in [3.63, 3.8) is 0 Å². The van der Waals surface area contributed by atoms with Crippen molar-refractivity contribution in [1.29, 1.82) is 0 Å². The van der Waals surface area contributed by atoms with Crippen molar-refractivity contribution < 1.29 is 22.4 Å². The summed E-state index contributed by atoms with van der Waals surface area (Å²) in [4.78, 5) is 17.4. The average Bonchev–Trinajstić information content (AvgIpc) is 3.20. The Morgan fingerprint density at radius 3 is 2.78 bits per heavy atom. The van der Waals surface area contributed by atoms with Crippen LogP contribution in [0.25, 0.3) is 5.78 Å². The average molecular weight is 399 g/mol. The quantitative estimate of drug-likeness (QED) is 0.593. The first-order valence-electron chi connectivity index (χ1n) is 7.92. The smallest absolute Gasteiger partial charge is 0.406 e. The molecule has 7 nitrogen and oxygen atoms in total. The van der Waals surface area contributed by atoms with Crippen molar-refractivity contribution in [3.8, 4) is 0 Å². The Balaban J connectivity index is 1.74. The maximum Gasteiger partial charge on any atom is 0.406 e. The lowest BCUT2D eigenvalue weighted by molar-refractivity contribution is -0.161. The summed E-state index contributed by atoms with van der Waals surface area (Å²) in [6, 6.07) is 4.91. The summed E-state index contributed by atoms with van der Waals surface area (Å²) in [6.07, 6.45) is -3.16. The van der Waals surface area contributed by atoms with E-state index in [1.165, 1.54) is 12.3 Å². The number of aromatic nitrogens is 4. The van der Waals surface area contributed by atoms with Gasteiger partial charge in [0.1, 0.15) is 12.3 Å². The molecule has 0 aliphatic rings. The number of aryl methyl sites for hydroxylation is 2. The maximum absolute atomic E-state index is 12.8. The number of rotatable bonds is 6. The van der Waals surface area contributed by atoms with E-state index in [0.717, 1.165) is 23.1 Å². The van der Waals surface area contributed by atoms with Gasteiger partial charge in [0.25, 0.3) is 5.78 Å². The highest BCUT2D eigenvalue weighted by atomic mass is 32.2. The fraction of sp³-hybridized carbons (Fsp3) is 0.375. The number of carbonyl (C=O) groups is 1. The van der Waals surface area contributed by atoms with Crippen LogP contribution in [0.2, 0.25) is 0 Å². The van der Waals surface area contributed by atoms with Crippen molar-refractivity contribution in [2.75, 3.05) is 12.3 Å². The van der Waals surface area contributed by atoms with E-state index in [0.29, 0.717) is 15.8 Å². The highest BCUT2D eigenvalue weighted by Gasteiger charge is 2.33. The van der Waals surface area contributed by atoms with E-state index >= 15 is 0 Å². The fourth-order valence-corrected chi connectivity index (χ4v) is 3.44. The van der Waals surface area contributed by atoms with Crippen LogP contribution >= 0.6 is 11.8 Å². The standard InChI is InChI=1S/C16H16F3N5O2S/c1-10-6-11(2)24-14(20-10)21-22-15(24)27-8-13(25)23(9-16(17,18)19)7-12-4-3-5-26-12/h3-6H,7-9H2,1-2H3. The first-order chi connectivity index (χ1) is 12.7. The third-order valence-electron chi connectivity index (χ3n) is 3.64. The first kappa shape index (κ1) is 19.2. The lowest BCUT2D eigenvalue weighted by Crippen LogP contribution is -2.39. The molecule has 27 heavy (non-hydrogen) atoms.